The van der Waals surface area contributed by atoms with E-state index in [1.165, 1.54) is 12.1 Å². The van der Waals surface area contributed by atoms with E-state index in [0.29, 0.717) is 30.6 Å². The Kier molecular flexibility index (Phi) is 13.9. The van der Waals surface area contributed by atoms with Crippen LogP contribution in [0.1, 0.15) is 95.9 Å². The lowest BCUT2D eigenvalue weighted by atomic mass is 9.96. The normalized spacial score (nSPS) is 12.5. The molecule has 2 aromatic rings. The van der Waals surface area contributed by atoms with Crippen LogP contribution in [0.5, 0.6) is 5.75 Å². The third-order valence-electron chi connectivity index (χ3n) is 6.70. The Balaban J connectivity index is 2.59. The molecule has 0 radical (unpaired) electrons. The minimum absolute atomic E-state index is 0.0917. The number of amides is 3. The second-order valence-corrected chi connectivity index (χ2v) is 11.4. The van der Waals surface area contributed by atoms with Crippen LogP contribution in [-0.4, -0.2) is 52.6 Å². The summed E-state index contributed by atoms with van der Waals surface area (Å²) >= 11 is 0. The van der Waals surface area contributed by atoms with Crippen LogP contribution in [0, 0.1) is 12.3 Å². The summed E-state index contributed by atoms with van der Waals surface area (Å²) in [5.41, 5.74) is 1.03. The molecule has 228 valence electrons. The number of aromatic hydroxyl groups is 1. The van der Waals surface area contributed by atoms with Gasteiger partial charge in [-0.05, 0) is 62.9 Å². The predicted octanol–water partition coefficient (Wildman–Crippen LogP) is 5.88. The molecule has 3 N–H and O–H groups in total. The molecule has 0 bridgehead atoms. The van der Waals surface area contributed by atoms with E-state index in [2.05, 4.69) is 23.5 Å². The van der Waals surface area contributed by atoms with Gasteiger partial charge in [-0.2, -0.15) is 0 Å². The molecule has 8 nitrogen and oxygen atoms in total. The average molecular weight is 578 g/mol. The van der Waals surface area contributed by atoms with Crippen LogP contribution in [-0.2, 0) is 20.7 Å². The number of terminal acetylenes is 1. The molecule has 2 rings (SSSR count). The van der Waals surface area contributed by atoms with E-state index in [0.717, 1.165) is 37.7 Å². The summed E-state index contributed by atoms with van der Waals surface area (Å²) in [6, 6.07) is 11.5. The summed E-state index contributed by atoms with van der Waals surface area (Å²) < 4.78 is 5.50. The molecule has 0 heterocycles. The first-order valence-corrected chi connectivity index (χ1v) is 14.9. The van der Waals surface area contributed by atoms with Gasteiger partial charge in [0.2, 0.25) is 11.8 Å². The fourth-order valence-electron chi connectivity index (χ4n) is 4.60. The molecule has 0 aromatic heterocycles. The highest BCUT2D eigenvalue weighted by atomic mass is 16.6. The van der Waals surface area contributed by atoms with Gasteiger partial charge in [-0.1, -0.05) is 75.8 Å². The molecule has 0 aliphatic carbocycles. The minimum Gasteiger partial charge on any atom is -0.508 e. The SMILES string of the molecule is C#Cc1ccccc1C(C(=O)NCCCC)N(CCCCCC)C(=O)C(Cc1ccc(O)cc1)NC(=O)OC(C)(C)C. The van der Waals surface area contributed by atoms with Crippen molar-refractivity contribution in [1.29, 1.82) is 0 Å². The van der Waals surface area contributed by atoms with E-state index in [1.807, 2.05) is 6.92 Å². The predicted molar refractivity (Wildman–Crippen MR) is 166 cm³/mol. The van der Waals surface area contributed by atoms with Crippen molar-refractivity contribution in [3.8, 4) is 18.1 Å². The molecular formula is C34H47N3O5. The van der Waals surface area contributed by atoms with E-state index in [4.69, 9.17) is 11.2 Å². The highest BCUT2D eigenvalue weighted by molar-refractivity contribution is 5.92. The summed E-state index contributed by atoms with van der Waals surface area (Å²) in [4.78, 5) is 42.8. The smallest absolute Gasteiger partial charge is 0.408 e. The van der Waals surface area contributed by atoms with Crippen LogP contribution in [0.3, 0.4) is 0 Å². The lowest BCUT2D eigenvalue weighted by molar-refractivity contribution is -0.142. The van der Waals surface area contributed by atoms with Crippen LogP contribution in [0.25, 0.3) is 0 Å². The summed E-state index contributed by atoms with van der Waals surface area (Å²) in [7, 11) is 0. The van der Waals surface area contributed by atoms with Crippen molar-refractivity contribution < 1.29 is 24.2 Å². The molecule has 2 aromatic carbocycles. The zero-order valence-corrected chi connectivity index (χ0v) is 25.7. The van der Waals surface area contributed by atoms with E-state index in [-0.39, 0.29) is 18.1 Å². The first-order valence-electron chi connectivity index (χ1n) is 14.9. The third-order valence-corrected chi connectivity index (χ3v) is 6.70. The highest BCUT2D eigenvalue weighted by Crippen LogP contribution is 2.27. The van der Waals surface area contributed by atoms with Crippen molar-refractivity contribution >= 4 is 17.9 Å². The Morgan fingerprint density at radius 1 is 0.976 bits per heavy atom. The number of carbonyl (C=O) groups excluding carboxylic acids is 3. The van der Waals surface area contributed by atoms with Crippen molar-refractivity contribution in [2.45, 2.75) is 97.2 Å². The molecule has 42 heavy (non-hydrogen) atoms. The van der Waals surface area contributed by atoms with Crippen LogP contribution in [0.4, 0.5) is 4.79 Å². The third kappa shape index (κ3) is 11.1. The average Bonchev–Trinajstić information content (AvgIpc) is 2.94. The van der Waals surface area contributed by atoms with Gasteiger partial charge in [0.25, 0.3) is 0 Å². The Bertz CT molecular complexity index is 1200. The van der Waals surface area contributed by atoms with Crippen LogP contribution < -0.4 is 10.6 Å². The lowest BCUT2D eigenvalue weighted by Gasteiger charge is -2.35. The molecule has 2 atom stereocenters. The number of nitrogens with zero attached hydrogens (tertiary/aromatic N) is 1. The van der Waals surface area contributed by atoms with Crippen LogP contribution in [0.2, 0.25) is 0 Å². The van der Waals surface area contributed by atoms with Crippen molar-refractivity contribution in [2.24, 2.45) is 0 Å². The maximum absolute atomic E-state index is 14.5. The fraction of sp³-hybridized carbons (Fsp3) is 0.500. The molecule has 0 saturated heterocycles. The number of alkyl carbamates (subject to hydrolysis) is 1. The fourth-order valence-corrected chi connectivity index (χ4v) is 4.60. The summed E-state index contributed by atoms with van der Waals surface area (Å²) in [6.07, 6.45) is 10.5. The Morgan fingerprint density at radius 2 is 1.64 bits per heavy atom. The second kappa shape index (κ2) is 17.1. The van der Waals surface area contributed by atoms with E-state index in [9.17, 15) is 19.5 Å². The highest BCUT2D eigenvalue weighted by Gasteiger charge is 2.37. The number of ether oxygens (including phenoxy) is 1. The standard InChI is InChI=1S/C34H47N3O5/c1-7-10-12-15-23-37(30(31(39)35-22-11-8-2)28-17-14-13-16-26(28)9-3)32(40)29(36-33(41)42-34(4,5)6)24-25-18-20-27(38)21-19-25/h3,13-14,16-21,29-30,38H,7-8,10-12,15,22-24H2,1-2,4-6H3,(H,35,39)(H,36,41). The number of benzene rings is 2. The van der Waals surface area contributed by atoms with Gasteiger partial charge in [0, 0.05) is 25.1 Å². The zero-order chi connectivity index (χ0) is 31.1. The first kappa shape index (κ1) is 34.2. The number of nitrogens with one attached hydrogen (secondary N) is 2. The summed E-state index contributed by atoms with van der Waals surface area (Å²) in [6.45, 7) is 10.1. The molecule has 3 amide bonds. The molecule has 0 fully saturated rings. The largest absolute Gasteiger partial charge is 0.508 e. The number of phenols is 1. The van der Waals surface area contributed by atoms with E-state index >= 15 is 0 Å². The number of phenolic OH excluding ortho intramolecular Hbond substituents is 1. The summed E-state index contributed by atoms with van der Waals surface area (Å²) in [5, 5.41) is 15.5. The van der Waals surface area contributed by atoms with Gasteiger partial charge in [0.15, 0.2) is 0 Å². The van der Waals surface area contributed by atoms with Crippen LogP contribution >= 0.6 is 0 Å². The lowest BCUT2D eigenvalue weighted by Crippen LogP contribution is -2.54. The number of unbranched alkanes of at least 4 members (excludes halogenated alkanes) is 4. The van der Waals surface area contributed by atoms with Gasteiger partial charge in [-0.3, -0.25) is 9.59 Å². The van der Waals surface area contributed by atoms with Crippen molar-refractivity contribution in [3.63, 3.8) is 0 Å². The molecule has 0 aliphatic rings. The van der Waals surface area contributed by atoms with Gasteiger partial charge in [-0.25, -0.2) is 4.79 Å². The van der Waals surface area contributed by atoms with Gasteiger partial charge in [-0.15, -0.1) is 6.42 Å². The Morgan fingerprint density at radius 3 is 2.26 bits per heavy atom. The van der Waals surface area contributed by atoms with Crippen molar-refractivity contribution in [3.05, 3.63) is 65.2 Å². The van der Waals surface area contributed by atoms with E-state index < -0.39 is 29.7 Å². The first-order chi connectivity index (χ1) is 20.0. The molecular weight excluding hydrogens is 530 g/mol. The second-order valence-electron chi connectivity index (χ2n) is 11.4. The maximum Gasteiger partial charge on any atom is 0.408 e. The Hall–Kier alpha value is -3.99. The van der Waals surface area contributed by atoms with Gasteiger partial charge in [0.1, 0.15) is 23.4 Å². The van der Waals surface area contributed by atoms with Gasteiger partial charge in [0.05, 0.1) is 0 Å². The molecule has 0 saturated carbocycles. The monoisotopic (exact) mass is 577 g/mol. The maximum atomic E-state index is 14.5. The van der Waals surface area contributed by atoms with Crippen LogP contribution in [0.15, 0.2) is 48.5 Å². The molecule has 0 aliphatic heterocycles. The number of hydrogen-bond acceptors (Lipinski definition) is 5. The van der Waals surface area contributed by atoms with Crippen molar-refractivity contribution in [1.82, 2.24) is 15.5 Å². The molecule has 2 unspecified atom stereocenters. The molecule has 8 heteroatoms. The summed E-state index contributed by atoms with van der Waals surface area (Å²) in [5.74, 6) is 2.01. The number of carbonyl (C=O) groups is 3. The quantitative estimate of drug-likeness (QED) is 0.181. The Labute approximate surface area is 251 Å². The van der Waals surface area contributed by atoms with Gasteiger partial charge < -0.3 is 25.4 Å². The molecule has 0 spiro atoms. The van der Waals surface area contributed by atoms with Crippen molar-refractivity contribution in [2.75, 3.05) is 13.1 Å². The van der Waals surface area contributed by atoms with E-state index in [1.54, 1.807) is 62.1 Å². The minimum atomic E-state index is -1.04. The number of rotatable bonds is 15. The van der Waals surface area contributed by atoms with Gasteiger partial charge >= 0.3 is 6.09 Å². The number of hydrogen-bond donors (Lipinski definition) is 3. The zero-order valence-electron chi connectivity index (χ0n) is 25.7. The topological polar surface area (TPSA) is 108 Å².